The summed E-state index contributed by atoms with van der Waals surface area (Å²) in [4.78, 5) is 0. The molecule has 0 spiro atoms. The Balaban J connectivity index is 2.40. The Morgan fingerprint density at radius 2 is 1.88 bits per heavy atom. The van der Waals surface area contributed by atoms with Gasteiger partial charge in [0.1, 0.15) is 0 Å². The molecule has 1 aromatic carbocycles. The van der Waals surface area contributed by atoms with Crippen molar-refractivity contribution in [3.8, 4) is 0 Å². The van der Waals surface area contributed by atoms with Crippen LogP contribution in [0.25, 0.3) is 0 Å². The summed E-state index contributed by atoms with van der Waals surface area (Å²) >= 11 is 11.5. The molecule has 0 heterocycles. The smallest absolute Gasteiger partial charge is 0.384 e. The number of hydrogen-bond donors (Lipinski definition) is 1. The van der Waals surface area contributed by atoms with Crippen molar-refractivity contribution in [1.82, 2.24) is 0 Å². The van der Waals surface area contributed by atoms with Crippen molar-refractivity contribution < 1.29 is 13.2 Å². The van der Waals surface area contributed by atoms with Gasteiger partial charge in [-0.1, -0.05) is 23.2 Å². The van der Waals surface area contributed by atoms with Crippen LogP contribution in [0.15, 0.2) is 18.2 Å². The quantitative estimate of drug-likeness (QED) is 0.780. The molecule has 0 amide bonds. The second kappa shape index (κ2) is 5.64. The zero-order valence-electron chi connectivity index (χ0n) is 8.24. The summed E-state index contributed by atoms with van der Waals surface area (Å²) in [5.74, 6) is 0. The van der Waals surface area contributed by atoms with Crippen LogP contribution >= 0.6 is 23.2 Å². The van der Waals surface area contributed by atoms with Crippen LogP contribution in [0.2, 0.25) is 10.0 Å². The van der Waals surface area contributed by atoms with Crippen LogP contribution in [0.5, 0.6) is 0 Å². The molecule has 0 unspecified atom stereocenters. The summed E-state index contributed by atoms with van der Waals surface area (Å²) in [7, 11) is 0. The molecule has 0 atom stereocenters. The SMILES string of the molecule is FC(F)(F)CCCNc1cc(Cl)ccc1Cl. The fraction of sp³-hybridized carbons (Fsp3) is 0.400. The molecule has 1 rings (SSSR count). The van der Waals surface area contributed by atoms with E-state index in [1.807, 2.05) is 0 Å². The Morgan fingerprint density at radius 3 is 2.50 bits per heavy atom. The Kier molecular flexibility index (Phi) is 4.74. The minimum Gasteiger partial charge on any atom is -0.384 e. The number of nitrogens with one attached hydrogen (secondary N) is 1. The van der Waals surface area contributed by atoms with Gasteiger partial charge in [-0.15, -0.1) is 0 Å². The van der Waals surface area contributed by atoms with Gasteiger partial charge in [-0.25, -0.2) is 0 Å². The molecular weight excluding hydrogens is 262 g/mol. The number of rotatable bonds is 4. The molecular formula is C10H10Cl2F3N. The Bertz CT molecular complexity index is 352. The Hall–Kier alpha value is -0.610. The van der Waals surface area contributed by atoms with Gasteiger partial charge in [0.15, 0.2) is 0 Å². The first kappa shape index (κ1) is 13.5. The molecule has 0 aromatic heterocycles. The van der Waals surface area contributed by atoms with E-state index >= 15 is 0 Å². The zero-order chi connectivity index (χ0) is 12.2. The summed E-state index contributed by atoms with van der Waals surface area (Å²) in [6.45, 7) is 0.208. The maximum Gasteiger partial charge on any atom is 0.389 e. The highest BCUT2D eigenvalue weighted by molar-refractivity contribution is 6.35. The highest BCUT2D eigenvalue weighted by Gasteiger charge is 2.25. The Morgan fingerprint density at radius 1 is 1.19 bits per heavy atom. The first-order valence-corrected chi connectivity index (χ1v) is 5.40. The van der Waals surface area contributed by atoms with E-state index in [0.717, 1.165) is 0 Å². The van der Waals surface area contributed by atoms with E-state index in [2.05, 4.69) is 5.32 Å². The van der Waals surface area contributed by atoms with Crippen LogP contribution in [0, 0.1) is 0 Å². The second-order valence-electron chi connectivity index (χ2n) is 3.27. The van der Waals surface area contributed by atoms with Crippen molar-refractivity contribution in [3.05, 3.63) is 28.2 Å². The normalized spacial score (nSPS) is 11.6. The van der Waals surface area contributed by atoms with Crippen LogP contribution in [0.1, 0.15) is 12.8 Å². The van der Waals surface area contributed by atoms with Crippen molar-refractivity contribution in [2.45, 2.75) is 19.0 Å². The van der Waals surface area contributed by atoms with Gasteiger partial charge >= 0.3 is 6.18 Å². The maximum atomic E-state index is 11.8. The fourth-order valence-electron chi connectivity index (χ4n) is 1.14. The number of hydrogen-bond acceptors (Lipinski definition) is 1. The monoisotopic (exact) mass is 271 g/mol. The predicted molar refractivity (Wildman–Crippen MR) is 60.2 cm³/mol. The van der Waals surface area contributed by atoms with E-state index in [0.29, 0.717) is 15.7 Å². The van der Waals surface area contributed by atoms with Crippen LogP contribution in [0.4, 0.5) is 18.9 Å². The molecule has 0 bridgehead atoms. The first-order valence-electron chi connectivity index (χ1n) is 4.64. The van der Waals surface area contributed by atoms with Crippen LogP contribution in [-0.2, 0) is 0 Å². The standard InChI is InChI=1S/C10H10Cl2F3N/c11-7-2-3-8(12)9(6-7)16-5-1-4-10(13,14)15/h2-3,6,16H,1,4-5H2. The molecule has 0 saturated carbocycles. The van der Waals surface area contributed by atoms with Gasteiger partial charge in [0.25, 0.3) is 0 Å². The summed E-state index contributed by atoms with van der Waals surface area (Å²) in [6, 6.07) is 4.79. The number of halogens is 5. The summed E-state index contributed by atoms with van der Waals surface area (Å²) < 4.78 is 35.5. The lowest BCUT2D eigenvalue weighted by Gasteiger charge is -2.09. The van der Waals surface area contributed by atoms with Gasteiger partial charge in [0, 0.05) is 18.0 Å². The lowest BCUT2D eigenvalue weighted by molar-refractivity contribution is -0.134. The second-order valence-corrected chi connectivity index (χ2v) is 4.11. The van der Waals surface area contributed by atoms with Crippen molar-refractivity contribution in [2.75, 3.05) is 11.9 Å². The number of anilines is 1. The van der Waals surface area contributed by atoms with Gasteiger partial charge in [-0.05, 0) is 24.6 Å². The highest BCUT2D eigenvalue weighted by Crippen LogP contribution is 2.26. The lowest BCUT2D eigenvalue weighted by Crippen LogP contribution is -2.11. The highest BCUT2D eigenvalue weighted by atomic mass is 35.5. The average molecular weight is 272 g/mol. The molecule has 0 aliphatic heterocycles. The molecule has 1 nitrogen and oxygen atoms in total. The maximum absolute atomic E-state index is 11.8. The van der Waals surface area contributed by atoms with Crippen molar-refractivity contribution >= 4 is 28.9 Å². The minimum absolute atomic E-state index is 0.00629. The van der Waals surface area contributed by atoms with Gasteiger partial charge < -0.3 is 5.32 Å². The van der Waals surface area contributed by atoms with E-state index in [1.54, 1.807) is 18.2 Å². The third-order valence-electron chi connectivity index (χ3n) is 1.88. The summed E-state index contributed by atoms with van der Waals surface area (Å²) in [5.41, 5.74) is 0.552. The molecule has 1 N–H and O–H groups in total. The van der Waals surface area contributed by atoms with Crippen molar-refractivity contribution in [1.29, 1.82) is 0 Å². The molecule has 0 saturated heterocycles. The van der Waals surface area contributed by atoms with Crippen molar-refractivity contribution in [3.63, 3.8) is 0 Å². The molecule has 6 heteroatoms. The minimum atomic E-state index is -4.11. The summed E-state index contributed by atoms with van der Waals surface area (Å²) in [6.07, 6.45) is -4.91. The van der Waals surface area contributed by atoms with Crippen molar-refractivity contribution in [2.24, 2.45) is 0 Å². The van der Waals surface area contributed by atoms with Gasteiger partial charge in [-0.2, -0.15) is 13.2 Å². The molecule has 90 valence electrons. The first-order chi connectivity index (χ1) is 7.38. The third kappa shape index (κ3) is 4.94. The fourth-order valence-corrected chi connectivity index (χ4v) is 1.50. The summed E-state index contributed by atoms with van der Waals surface area (Å²) in [5, 5.41) is 3.74. The predicted octanol–water partition coefficient (Wildman–Crippen LogP) is 4.75. The topological polar surface area (TPSA) is 12.0 Å². The van der Waals surface area contributed by atoms with Crippen LogP contribution < -0.4 is 5.32 Å². The average Bonchev–Trinajstić information content (AvgIpc) is 2.16. The Labute approximate surface area is 102 Å². The van der Waals surface area contributed by atoms with Crippen LogP contribution in [-0.4, -0.2) is 12.7 Å². The van der Waals surface area contributed by atoms with Gasteiger partial charge in [0.05, 0.1) is 10.7 Å². The van der Waals surface area contributed by atoms with Crippen LogP contribution in [0.3, 0.4) is 0 Å². The molecule has 1 aromatic rings. The molecule has 0 aliphatic rings. The van der Waals surface area contributed by atoms with E-state index in [4.69, 9.17) is 23.2 Å². The van der Waals surface area contributed by atoms with Gasteiger partial charge in [0.2, 0.25) is 0 Å². The van der Waals surface area contributed by atoms with Gasteiger partial charge in [-0.3, -0.25) is 0 Å². The molecule has 0 aliphatic carbocycles. The molecule has 16 heavy (non-hydrogen) atoms. The lowest BCUT2D eigenvalue weighted by atomic mass is 10.2. The van der Waals surface area contributed by atoms with E-state index < -0.39 is 12.6 Å². The van der Waals surface area contributed by atoms with E-state index in [-0.39, 0.29) is 13.0 Å². The largest absolute Gasteiger partial charge is 0.389 e. The zero-order valence-corrected chi connectivity index (χ0v) is 9.76. The number of alkyl halides is 3. The van der Waals surface area contributed by atoms with E-state index in [1.165, 1.54) is 0 Å². The number of benzene rings is 1. The van der Waals surface area contributed by atoms with E-state index in [9.17, 15) is 13.2 Å². The molecule has 0 fully saturated rings. The molecule has 0 radical (unpaired) electrons. The third-order valence-corrected chi connectivity index (χ3v) is 2.45.